The molecule has 1 aliphatic rings. The standard InChI is InChI=1S/C14H31N3/c1-7-12(15)13(14(3,4)5)17-9-8-16(6)10-11(17)2/h11-13H,7-10,15H2,1-6H3. The molecule has 0 aliphatic carbocycles. The topological polar surface area (TPSA) is 32.5 Å². The molecular formula is C14H31N3. The molecule has 3 atom stereocenters. The van der Waals surface area contributed by atoms with E-state index in [0.29, 0.717) is 12.1 Å². The molecule has 0 saturated carbocycles. The maximum atomic E-state index is 6.38. The molecule has 0 aromatic rings. The van der Waals surface area contributed by atoms with E-state index in [1.807, 2.05) is 0 Å². The van der Waals surface area contributed by atoms with Crippen molar-refractivity contribution in [3.8, 4) is 0 Å². The number of nitrogens with zero attached hydrogens (tertiary/aromatic N) is 2. The second kappa shape index (κ2) is 5.68. The predicted octanol–water partition coefficient (Wildman–Crippen LogP) is 1.77. The van der Waals surface area contributed by atoms with Crippen molar-refractivity contribution < 1.29 is 0 Å². The van der Waals surface area contributed by atoms with E-state index in [2.05, 4.69) is 51.5 Å². The SMILES string of the molecule is CCC(N)C(N1CCN(C)CC1C)C(C)(C)C. The van der Waals surface area contributed by atoms with Gasteiger partial charge in [0, 0.05) is 37.8 Å². The highest BCUT2D eigenvalue weighted by Crippen LogP contribution is 2.30. The lowest BCUT2D eigenvalue weighted by Crippen LogP contribution is -2.62. The Kier molecular flexibility index (Phi) is 4.99. The molecule has 1 heterocycles. The molecular weight excluding hydrogens is 210 g/mol. The van der Waals surface area contributed by atoms with Crippen LogP contribution in [0.15, 0.2) is 0 Å². The summed E-state index contributed by atoms with van der Waals surface area (Å²) in [6, 6.07) is 1.37. The van der Waals surface area contributed by atoms with E-state index in [1.165, 1.54) is 0 Å². The molecule has 1 saturated heterocycles. The van der Waals surface area contributed by atoms with E-state index in [-0.39, 0.29) is 11.5 Å². The third-order valence-electron chi connectivity index (χ3n) is 4.00. The fraction of sp³-hybridized carbons (Fsp3) is 1.00. The van der Waals surface area contributed by atoms with Crippen molar-refractivity contribution in [2.45, 2.75) is 59.2 Å². The summed E-state index contributed by atoms with van der Waals surface area (Å²) in [4.78, 5) is 5.05. The van der Waals surface area contributed by atoms with Gasteiger partial charge in [-0.25, -0.2) is 0 Å². The minimum atomic E-state index is 0.250. The smallest absolute Gasteiger partial charge is 0.0299 e. The van der Waals surface area contributed by atoms with Crippen LogP contribution >= 0.6 is 0 Å². The normalized spacial score (nSPS) is 28.1. The van der Waals surface area contributed by atoms with E-state index in [0.717, 1.165) is 26.1 Å². The van der Waals surface area contributed by atoms with Gasteiger partial charge < -0.3 is 10.6 Å². The Balaban J connectivity index is 2.83. The summed E-state index contributed by atoms with van der Waals surface area (Å²) in [6.07, 6.45) is 1.06. The first-order valence-corrected chi connectivity index (χ1v) is 6.97. The van der Waals surface area contributed by atoms with Crippen LogP contribution < -0.4 is 5.73 Å². The molecule has 3 nitrogen and oxygen atoms in total. The number of nitrogens with two attached hydrogens (primary N) is 1. The Morgan fingerprint density at radius 2 is 1.88 bits per heavy atom. The first-order chi connectivity index (χ1) is 7.77. The maximum absolute atomic E-state index is 6.38. The van der Waals surface area contributed by atoms with Gasteiger partial charge in [0.25, 0.3) is 0 Å². The third kappa shape index (κ3) is 3.67. The number of hydrogen-bond donors (Lipinski definition) is 1. The van der Waals surface area contributed by atoms with E-state index in [1.54, 1.807) is 0 Å². The molecule has 1 rings (SSSR count). The van der Waals surface area contributed by atoms with Crippen molar-refractivity contribution >= 4 is 0 Å². The zero-order chi connectivity index (χ0) is 13.2. The van der Waals surface area contributed by atoms with Gasteiger partial charge in [-0.05, 0) is 25.8 Å². The van der Waals surface area contributed by atoms with Crippen LogP contribution in [-0.4, -0.2) is 54.6 Å². The molecule has 0 radical (unpaired) electrons. The fourth-order valence-corrected chi connectivity index (χ4v) is 3.18. The zero-order valence-electron chi connectivity index (χ0n) is 12.5. The Hall–Kier alpha value is -0.120. The van der Waals surface area contributed by atoms with Crippen molar-refractivity contribution in [2.75, 3.05) is 26.7 Å². The van der Waals surface area contributed by atoms with Crippen molar-refractivity contribution in [3.05, 3.63) is 0 Å². The summed E-state index contributed by atoms with van der Waals surface area (Å²) in [5, 5.41) is 0. The monoisotopic (exact) mass is 241 g/mol. The molecule has 0 bridgehead atoms. The molecule has 17 heavy (non-hydrogen) atoms. The van der Waals surface area contributed by atoms with Gasteiger partial charge in [-0.15, -0.1) is 0 Å². The molecule has 102 valence electrons. The van der Waals surface area contributed by atoms with Gasteiger partial charge in [0.15, 0.2) is 0 Å². The highest BCUT2D eigenvalue weighted by molar-refractivity contribution is 4.94. The van der Waals surface area contributed by atoms with Crippen LogP contribution in [0, 0.1) is 5.41 Å². The quantitative estimate of drug-likeness (QED) is 0.817. The third-order valence-corrected chi connectivity index (χ3v) is 4.00. The van der Waals surface area contributed by atoms with Gasteiger partial charge in [0.1, 0.15) is 0 Å². The van der Waals surface area contributed by atoms with Gasteiger partial charge >= 0.3 is 0 Å². The molecule has 0 spiro atoms. The van der Waals surface area contributed by atoms with Gasteiger partial charge in [-0.2, -0.15) is 0 Å². The van der Waals surface area contributed by atoms with Crippen LogP contribution in [0.1, 0.15) is 41.0 Å². The van der Waals surface area contributed by atoms with Crippen LogP contribution in [0.25, 0.3) is 0 Å². The van der Waals surface area contributed by atoms with Gasteiger partial charge in [0.2, 0.25) is 0 Å². The summed E-state index contributed by atoms with van der Waals surface area (Å²) >= 11 is 0. The van der Waals surface area contributed by atoms with E-state index in [9.17, 15) is 0 Å². The number of hydrogen-bond acceptors (Lipinski definition) is 3. The van der Waals surface area contributed by atoms with Gasteiger partial charge in [-0.1, -0.05) is 27.7 Å². The summed E-state index contributed by atoms with van der Waals surface area (Å²) in [5.41, 5.74) is 6.63. The van der Waals surface area contributed by atoms with Crippen molar-refractivity contribution in [2.24, 2.45) is 11.1 Å². The second-order valence-electron chi connectivity index (χ2n) is 6.73. The zero-order valence-corrected chi connectivity index (χ0v) is 12.5. The fourth-order valence-electron chi connectivity index (χ4n) is 3.18. The largest absolute Gasteiger partial charge is 0.326 e. The second-order valence-corrected chi connectivity index (χ2v) is 6.73. The van der Waals surface area contributed by atoms with E-state index >= 15 is 0 Å². The highest BCUT2D eigenvalue weighted by Gasteiger charge is 2.38. The number of rotatable bonds is 3. The Labute approximate surface area is 107 Å². The van der Waals surface area contributed by atoms with Crippen LogP contribution in [0.4, 0.5) is 0 Å². The summed E-state index contributed by atoms with van der Waals surface area (Å²) in [7, 11) is 2.21. The summed E-state index contributed by atoms with van der Waals surface area (Å²) in [6.45, 7) is 14.9. The van der Waals surface area contributed by atoms with Gasteiger partial charge in [0.05, 0.1) is 0 Å². The first-order valence-electron chi connectivity index (χ1n) is 6.97. The molecule has 3 unspecified atom stereocenters. The van der Waals surface area contributed by atoms with Crippen LogP contribution in [0.5, 0.6) is 0 Å². The summed E-state index contributed by atoms with van der Waals surface area (Å²) < 4.78 is 0. The number of likely N-dealkylation sites (N-methyl/N-ethyl adjacent to an activating group) is 1. The summed E-state index contributed by atoms with van der Waals surface area (Å²) in [5.74, 6) is 0. The van der Waals surface area contributed by atoms with Gasteiger partial charge in [-0.3, -0.25) is 4.90 Å². The lowest BCUT2D eigenvalue weighted by Gasteiger charge is -2.49. The highest BCUT2D eigenvalue weighted by atomic mass is 15.3. The van der Waals surface area contributed by atoms with E-state index in [4.69, 9.17) is 5.73 Å². The molecule has 1 fully saturated rings. The average Bonchev–Trinajstić information content (AvgIpc) is 2.19. The molecule has 1 aliphatic heterocycles. The lowest BCUT2D eigenvalue weighted by atomic mass is 9.79. The maximum Gasteiger partial charge on any atom is 0.0299 e. The molecule has 2 N–H and O–H groups in total. The lowest BCUT2D eigenvalue weighted by molar-refractivity contribution is 0.00183. The van der Waals surface area contributed by atoms with Crippen molar-refractivity contribution in [1.82, 2.24) is 9.80 Å². The molecule has 0 aromatic carbocycles. The Bertz CT molecular complexity index is 234. The first kappa shape index (κ1) is 14.9. The Morgan fingerprint density at radius 3 is 2.29 bits per heavy atom. The number of piperazine rings is 1. The van der Waals surface area contributed by atoms with Crippen molar-refractivity contribution in [1.29, 1.82) is 0 Å². The minimum absolute atomic E-state index is 0.250. The minimum Gasteiger partial charge on any atom is -0.326 e. The van der Waals surface area contributed by atoms with Crippen LogP contribution in [0.2, 0.25) is 0 Å². The van der Waals surface area contributed by atoms with E-state index < -0.39 is 0 Å². The average molecular weight is 241 g/mol. The van der Waals surface area contributed by atoms with Crippen LogP contribution in [0.3, 0.4) is 0 Å². The Morgan fingerprint density at radius 1 is 1.29 bits per heavy atom. The molecule has 0 amide bonds. The predicted molar refractivity (Wildman–Crippen MR) is 75.2 cm³/mol. The van der Waals surface area contributed by atoms with Crippen LogP contribution in [-0.2, 0) is 0 Å². The molecule has 0 aromatic heterocycles. The van der Waals surface area contributed by atoms with Crippen molar-refractivity contribution in [3.63, 3.8) is 0 Å². The molecule has 3 heteroatoms.